The minimum Gasteiger partial charge on any atom is -0.394 e. The van der Waals surface area contributed by atoms with Crippen LogP contribution < -0.4 is 0 Å². The zero-order valence-corrected chi connectivity index (χ0v) is 13.6. The number of hydrogen-bond acceptors (Lipinski definition) is 2. The van der Waals surface area contributed by atoms with Crippen molar-refractivity contribution in [3.8, 4) is 0 Å². The minimum absolute atomic E-state index is 0.0957. The van der Waals surface area contributed by atoms with Gasteiger partial charge in [-0.1, -0.05) is 56.3 Å². The monoisotopic (exact) mass is 278 g/mol. The fourth-order valence-corrected chi connectivity index (χ4v) is 4.70. The Balaban J connectivity index is 2.62. The molecule has 3 heteroatoms. The first-order valence-electron chi connectivity index (χ1n) is 7.20. The average molecular weight is 278 g/mol. The Morgan fingerprint density at radius 1 is 1.11 bits per heavy atom. The lowest BCUT2D eigenvalue weighted by Crippen LogP contribution is -2.43. The Morgan fingerprint density at radius 3 is 2.26 bits per heavy atom. The van der Waals surface area contributed by atoms with Crippen molar-refractivity contribution < 1.29 is 8.85 Å². The van der Waals surface area contributed by atoms with E-state index < -0.39 is 8.56 Å². The van der Waals surface area contributed by atoms with Gasteiger partial charge in [0.25, 0.3) is 0 Å². The molecule has 0 saturated heterocycles. The quantitative estimate of drug-likeness (QED) is 0.646. The molecular formula is C16H26O2Si. The maximum absolute atomic E-state index is 6.23. The molecule has 0 saturated carbocycles. The summed E-state index contributed by atoms with van der Waals surface area (Å²) in [6, 6.07) is 12.3. The van der Waals surface area contributed by atoms with Gasteiger partial charge in [0.15, 0.2) is 0 Å². The summed E-state index contributed by atoms with van der Waals surface area (Å²) in [5.74, 6) is 0. The molecule has 1 rings (SSSR count). The first-order valence-corrected chi connectivity index (χ1v) is 9.44. The second kappa shape index (κ2) is 8.30. The second-order valence-electron chi connectivity index (χ2n) is 4.64. The van der Waals surface area contributed by atoms with Crippen molar-refractivity contribution in [3.63, 3.8) is 0 Å². The van der Waals surface area contributed by atoms with Gasteiger partial charge in [-0.05, 0) is 31.5 Å². The molecule has 0 spiro atoms. The van der Waals surface area contributed by atoms with Crippen LogP contribution in [0.3, 0.4) is 0 Å². The Labute approximate surface area is 118 Å². The number of benzene rings is 1. The van der Waals surface area contributed by atoms with Crippen molar-refractivity contribution in [3.05, 3.63) is 42.0 Å². The molecule has 0 bridgehead atoms. The maximum Gasteiger partial charge on any atom is 0.338 e. The zero-order chi connectivity index (χ0) is 14.1. The third-order valence-corrected chi connectivity index (χ3v) is 7.02. The normalized spacial score (nSPS) is 13.9. The van der Waals surface area contributed by atoms with E-state index in [1.165, 1.54) is 5.56 Å². The van der Waals surface area contributed by atoms with Crippen molar-refractivity contribution >= 4 is 14.6 Å². The predicted octanol–water partition coefficient (Wildman–Crippen LogP) is 4.62. The van der Waals surface area contributed by atoms with Crippen LogP contribution in [0.15, 0.2) is 36.4 Å². The Hall–Kier alpha value is -0.903. The van der Waals surface area contributed by atoms with E-state index in [4.69, 9.17) is 8.85 Å². The molecule has 0 aromatic heterocycles. The summed E-state index contributed by atoms with van der Waals surface area (Å²) in [6.45, 7) is 9.20. The molecule has 1 aromatic carbocycles. The summed E-state index contributed by atoms with van der Waals surface area (Å²) in [5.41, 5.74) is 1.20. The van der Waals surface area contributed by atoms with Gasteiger partial charge in [0.1, 0.15) is 0 Å². The van der Waals surface area contributed by atoms with Crippen molar-refractivity contribution in [2.75, 3.05) is 6.61 Å². The molecule has 0 amide bonds. The van der Waals surface area contributed by atoms with Gasteiger partial charge in [0.05, 0.1) is 6.10 Å². The predicted molar refractivity (Wildman–Crippen MR) is 84.4 cm³/mol. The zero-order valence-electron chi connectivity index (χ0n) is 12.6. The molecule has 0 N–H and O–H groups in total. The SMILES string of the molecule is CCO[Si](CC)(CC)OC(C)C=Cc1ccccc1. The second-order valence-corrected chi connectivity index (χ2v) is 8.40. The first-order chi connectivity index (χ1) is 9.15. The van der Waals surface area contributed by atoms with Crippen molar-refractivity contribution in [1.82, 2.24) is 0 Å². The van der Waals surface area contributed by atoms with Crippen LogP contribution in [0.5, 0.6) is 0 Å². The highest BCUT2D eigenvalue weighted by molar-refractivity contribution is 6.67. The largest absolute Gasteiger partial charge is 0.394 e. The highest BCUT2D eigenvalue weighted by Crippen LogP contribution is 2.21. The molecule has 0 aliphatic heterocycles. The summed E-state index contributed by atoms with van der Waals surface area (Å²) in [7, 11) is -2.00. The molecule has 0 fully saturated rings. The van der Waals surface area contributed by atoms with E-state index in [-0.39, 0.29) is 6.10 Å². The van der Waals surface area contributed by atoms with Crippen LogP contribution in [-0.4, -0.2) is 21.3 Å². The van der Waals surface area contributed by atoms with Gasteiger partial charge in [-0.25, -0.2) is 0 Å². The van der Waals surface area contributed by atoms with Gasteiger partial charge in [-0.2, -0.15) is 0 Å². The summed E-state index contributed by atoms with van der Waals surface area (Å²) in [4.78, 5) is 0. The lowest BCUT2D eigenvalue weighted by Gasteiger charge is -2.30. The van der Waals surface area contributed by atoms with Crippen LogP contribution in [0.4, 0.5) is 0 Å². The molecule has 19 heavy (non-hydrogen) atoms. The minimum atomic E-state index is -2.00. The highest BCUT2D eigenvalue weighted by Gasteiger charge is 2.34. The van der Waals surface area contributed by atoms with Gasteiger partial charge in [-0.3, -0.25) is 0 Å². The van der Waals surface area contributed by atoms with Gasteiger partial charge >= 0.3 is 8.56 Å². The van der Waals surface area contributed by atoms with Gasteiger partial charge in [0, 0.05) is 6.61 Å². The third-order valence-electron chi connectivity index (χ3n) is 3.24. The first kappa shape index (κ1) is 16.2. The summed E-state index contributed by atoms with van der Waals surface area (Å²) >= 11 is 0. The van der Waals surface area contributed by atoms with Crippen LogP contribution in [-0.2, 0) is 8.85 Å². The average Bonchev–Trinajstić information content (AvgIpc) is 2.45. The molecule has 0 aliphatic rings. The molecule has 1 aromatic rings. The van der Waals surface area contributed by atoms with E-state index >= 15 is 0 Å². The smallest absolute Gasteiger partial charge is 0.338 e. The third kappa shape index (κ3) is 5.31. The Bertz CT molecular complexity index is 372. The summed E-state index contributed by atoms with van der Waals surface area (Å²) in [5, 5.41) is 0. The molecule has 2 nitrogen and oxygen atoms in total. The molecule has 0 radical (unpaired) electrons. The van der Waals surface area contributed by atoms with Gasteiger partial charge in [-0.15, -0.1) is 0 Å². The van der Waals surface area contributed by atoms with Crippen LogP contribution >= 0.6 is 0 Å². The highest BCUT2D eigenvalue weighted by atomic mass is 28.4. The fraction of sp³-hybridized carbons (Fsp3) is 0.500. The van der Waals surface area contributed by atoms with Gasteiger partial charge in [0.2, 0.25) is 0 Å². The molecule has 0 heterocycles. The number of rotatable bonds is 8. The molecular weight excluding hydrogens is 252 g/mol. The van der Waals surface area contributed by atoms with Crippen LogP contribution in [0.1, 0.15) is 33.3 Å². The number of hydrogen-bond donors (Lipinski definition) is 0. The lowest BCUT2D eigenvalue weighted by atomic mass is 10.2. The summed E-state index contributed by atoms with van der Waals surface area (Å²) < 4.78 is 12.2. The molecule has 1 atom stereocenters. The van der Waals surface area contributed by atoms with Gasteiger partial charge < -0.3 is 8.85 Å². The van der Waals surface area contributed by atoms with Crippen LogP contribution in [0.25, 0.3) is 6.08 Å². The van der Waals surface area contributed by atoms with E-state index in [1.807, 2.05) is 25.1 Å². The van der Waals surface area contributed by atoms with Crippen LogP contribution in [0, 0.1) is 0 Å². The maximum atomic E-state index is 6.23. The standard InChI is InChI=1S/C16H26O2Si/c1-5-17-19(6-2,7-3)18-15(4)13-14-16-11-9-8-10-12-16/h8-15H,5-7H2,1-4H3. The van der Waals surface area contributed by atoms with Crippen molar-refractivity contribution in [2.45, 2.75) is 45.9 Å². The van der Waals surface area contributed by atoms with Crippen molar-refractivity contribution in [2.24, 2.45) is 0 Å². The Kier molecular flexibility index (Phi) is 7.06. The van der Waals surface area contributed by atoms with Crippen LogP contribution in [0.2, 0.25) is 12.1 Å². The van der Waals surface area contributed by atoms with Crippen molar-refractivity contribution in [1.29, 1.82) is 0 Å². The summed E-state index contributed by atoms with van der Waals surface area (Å²) in [6.07, 6.45) is 4.32. The fourth-order valence-electron chi connectivity index (χ4n) is 2.11. The van der Waals surface area contributed by atoms with E-state index in [0.717, 1.165) is 18.7 Å². The topological polar surface area (TPSA) is 18.5 Å². The lowest BCUT2D eigenvalue weighted by molar-refractivity contribution is 0.152. The van der Waals surface area contributed by atoms with E-state index in [1.54, 1.807) is 0 Å². The Morgan fingerprint density at radius 2 is 1.74 bits per heavy atom. The van der Waals surface area contributed by atoms with E-state index in [0.29, 0.717) is 0 Å². The molecule has 1 unspecified atom stereocenters. The van der Waals surface area contributed by atoms with E-state index in [2.05, 4.69) is 45.1 Å². The molecule has 0 aliphatic carbocycles. The molecule has 106 valence electrons. The van der Waals surface area contributed by atoms with E-state index in [9.17, 15) is 0 Å².